The van der Waals surface area contributed by atoms with E-state index in [1.54, 1.807) is 17.0 Å². The van der Waals surface area contributed by atoms with E-state index in [0.717, 1.165) is 5.56 Å². The van der Waals surface area contributed by atoms with Gasteiger partial charge in [0.2, 0.25) is 5.16 Å². The molecule has 2 aromatic carbocycles. The molecule has 8 heteroatoms. The summed E-state index contributed by atoms with van der Waals surface area (Å²) >= 11 is 7.34. The Bertz CT molecular complexity index is 1110. The lowest BCUT2D eigenvalue weighted by Crippen LogP contribution is -2.05. The third-order valence-electron chi connectivity index (χ3n) is 4.03. The van der Waals surface area contributed by atoms with E-state index in [0.29, 0.717) is 27.1 Å². The average Bonchev–Trinajstić information content (AvgIpc) is 2.96. The molecular weight excluding hydrogens is 384 g/mol. The van der Waals surface area contributed by atoms with Crippen LogP contribution in [0.1, 0.15) is 15.9 Å². The zero-order chi connectivity index (χ0) is 19.0. The van der Waals surface area contributed by atoms with Crippen LogP contribution in [0.3, 0.4) is 0 Å². The van der Waals surface area contributed by atoms with Crippen LogP contribution >= 0.6 is 23.4 Å². The Hall–Kier alpha value is -2.90. The van der Waals surface area contributed by atoms with Crippen molar-refractivity contribution in [3.05, 3.63) is 69.6 Å². The first kappa shape index (κ1) is 17.5. The first-order valence-corrected chi connectivity index (χ1v) is 9.26. The van der Waals surface area contributed by atoms with Gasteiger partial charge in [-0.05, 0) is 30.0 Å². The number of ketones is 1. The Morgan fingerprint density at radius 3 is 2.74 bits per heavy atom. The van der Waals surface area contributed by atoms with Gasteiger partial charge in [0.15, 0.2) is 11.6 Å². The smallest absolute Gasteiger partial charge is 0.216 e. The Morgan fingerprint density at radius 1 is 1.19 bits per heavy atom. The zero-order valence-electron chi connectivity index (χ0n) is 14.1. The molecule has 1 aromatic heterocycles. The number of benzene rings is 2. The number of fused-ring (bicyclic) bond motifs is 1. The summed E-state index contributed by atoms with van der Waals surface area (Å²) in [5.74, 6) is 0.0955. The van der Waals surface area contributed by atoms with E-state index in [2.05, 4.69) is 15.3 Å². The molecule has 0 bridgehead atoms. The normalized spacial score (nSPS) is 13.0. The van der Waals surface area contributed by atoms with Gasteiger partial charge in [0.1, 0.15) is 5.75 Å². The van der Waals surface area contributed by atoms with Gasteiger partial charge in [-0.1, -0.05) is 53.7 Å². The van der Waals surface area contributed by atoms with E-state index in [-0.39, 0.29) is 17.1 Å². The van der Waals surface area contributed by atoms with Crippen molar-refractivity contribution in [1.82, 2.24) is 14.9 Å². The Balaban J connectivity index is 1.69. The first-order chi connectivity index (χ1) is 13.0. The number of aryl methyl sites for hydroxylation is 1. The predicted molar refractivity (Wildman–Crippen MR) is 105 cm³/mol. The molecule has 0 atom stereocenters. The minimum atomic E-state index is -0.370. The summed E-state index contributed by atoms with van der Waals surface area (Å²) in [5.41, 5.74) is 2.01. The van der Waals surface area contributed by atoms with Crippen molar-refractivity contribution in [2.45, 2.75) is 12.1 Å². The lowest BCUT2D eigenvalue weighted by atomic mass is 10.0. The molecule has 0 fully saturated rings. The molecule has 2 heterocycles. The fourth-order valence-electron chi connectivity index (χ4n) is 2.59. The molecule has 6 nitrogen and oxygen atoms in total. The van der Waals surface area contributed by atoms with Crippen molar-refractivity contribution in [3.8, 4) is 17.1 Å². The molecule has 27 heavy (non-hydrogen) atoms. The topological polar surface area (TPSA) is 80.4 Å². The lowest BCUT2D eigenvalue weighted by Gasteiger charge is -2.06. The van der Waals surface area contributed by atoms with Crippen molar-refractivity contribution >= 4 is 35.4 Å². The second-order valence-electron chi connectivity index (χ2n) is 5.87. The molecular formula is C19H13ClN4O2S. The Labute approximate surface area is 164 Å². The lowest BCUT2D eigenvalue weighted by molar-refractivity contribution is 0.103. The summed E-state index contributed by atoms with van der Waals surface area (Å²) in [4.78, 5) is 12.8. The number of halogens is 1. The number of allylic oxidation sites excluding steroid dienone is 1. The highest BCUT2D eigenvalue weighted by molar-refractivity contribution is 8.02. The first-order valence-electron chi connectivity index (χ1n) is 8.00. The molecule has 0 spiro atoms. The fourth-order valence-corrected chi connectivity index (χ4v) is 3.48. The van der Waals surface area contributed by atoms with Gasteiger partial charge in [-0.15, -0.1) is 10.2 Å². The summed E-state index contributed by atoms with van der Waals surface area (Å²) in [6.45, 7) is 1.76. The molecule has 0 amide bonds. The second-order valence-corrected chi connectivity index (χ2v) is 7.11. The fraction of sp³-hybridized carbons (Fsp3) is 0.0526. The number of carbonyl (C=O) groups excluding carboxylic acids is 1. The van der Waals surface area contributed by atoms with Crippen LogP contribution in [0.4, 0.5) is 0 Å². The van der Waals surface area contributed by atoms with Crippen LogP contribution in [0.15, 0.2) is 63.7 Å². The van der Waals surface area contributed by atoms with Gasteiger partial charge >= 0.3 is 0 Å². The van der Waals surface area contributed by atoms with Crippen molar-refractivity contribution in [2.24, 2.45) is 5.10 Å². The minimum Gasteiger partial charge on any atom is -0.507 e. The van der Waals surface area contributed by atoms with E-state index >= 15 is 0 Å². The monoisotopic (exact) mass is 396 g/mol. The molecule has 3 aromatic rings. The van der Waals surface area contributed by atoms with Gasteiger partial charge in [-0.25, -0.2) is 0 Å². The number of phenolic OH excluding ortho intramolecular Hbond substituents is 1. The van der Waals surface area contributed by atoms with E-state index in [9.17, 15) is 9.90 Å². The molecule has 4 rings (SSSR count). The standard InChI is InChI=1S/C19H13ClN4O2S/c1-11-7-16(25)14(8-15(11)20)17(26)13-9-21-24-18(12-5-3-2-4-6-12)22-23-19(24)27-10-13/h2-10,25H,1H3. The molecule has 0 radical (unpaired) electrons. The molecule has 1 aliphatic heterocycles. The number of hydrogen-bond acceptors (Lipinski definition) is 6. The maximum absolute atomic E-state index is 12.8. The zero-order valence-corrected chi connectivity index (χ0v) is 15.7. The van der Waals surface area contributed by atoms with Gasteiger partial charge in [0.05, 0.1) is 11.8 Å². The molecule has 0 aliphatic carbocycles. The third kappa shape index (κ3) is 3.27. The molecule has 1 N–H and O–H groups in total. The number of rotatable bonds is 3. The van der Waals surface area contributed by atoms with Crippen LogP contribution in [0.2, 0.25) is 5.02 Å². The van der Waals surface area contributed by atoms with Crippen LogP contribution in [-0.4, -0.2) is 32.0 Å². The van der Waals surface area contributed by atoms with Gasteiger partial charge in [-0.2, -0.15) is 9.78 Å². The van der Waals surface area contributed by atoms with Crippen LogP contribution in [0.5, 0.6) is 5.75 Å². The number of carbonyl (C=O) groups is 1. The number of phenols is 1. The Morgan fingerprint density at radius 2 is 1.96 bits per heavy atom. The van der Waals surface area contributed by atoms with E-state index in [1.807, 2.05) is 30.3 Å². The Kier molecular flexibility index (Phi) is 4.55. The molecule has 134 valence electrons. The minimum absolute atomic E-state index is 0.116. The summed E-state index contributed by atoms with van der Waals surface area (Å²) in [6.07, 6.45) is 1.44. The van der Waals surface area contributed by atoms with Gasteiger partial charge < -0.3 is 5.11 Å². The highest BCUT2D eigenvalue weighted by atomic mass is 35.5. The molecule has 1 aliphatic rings. The summed E-state index contributed by atoms with van der Waals surface area (Å²) < 4.78 is 1.58. The number of Topliss-reactive ketones (excluding diaryl/α,β-unsaturated/α-hetero) is 1. The van der Waals surface area contributed by atoms with Gasteiger partial charge in [0, 0.05) is 16.2 Å². The summed E-state index contributed by atoms with van der Waals surface area (Å²) in [6, 6.07) is 12.5. The van der Waals surface area contributed by atoms with Gasteiger partial charge in [0.25, 0.3) is 0 Å². The quantitative estimate of drug-likeness (QED) is 0.667. The number of nitrogens with zero attached hydrogens (tertiary/aromatic N) is 4. The molecule has 0 unspecified atom stereocenters. The largest absolute Gasteiger partial charge is 0.507 e. The van der Waals surface area contributed by atoms with E-state index < -0.39 is 0 Å². The second kappa shape index (κ2) is 7.02. The number of aromatic hydroxyl groups is 1. The number of thioether (sulfide) groups is 1. The van der Waals surface area contributed by atoms with Crippen molar-refractivity contribution in [2.75, 3.05) is 0 Å². The maximum atomic E-state index is 12.8. The number of aromatic nitrogens is 3. The average molecular weight is 397 g/mol. The van der Waals surface area contributed by atoms with Crippen LogP contribution < -0.4 is 0 Å². The molecule has 0 saturated heterocycles. The molecule has 0 saturated carbocycles. The predicted octanol–water partition coefficient (Wildman–Crippen LogP) is 4.32. The maximum Gasteiger partial charge on any atom is 0.216 e. The van der Waals surface area contributed by atoms with Crippen molar-refractivity contribution in [1.29, 1.82) is 0 Å². The van der Waals surface area contributed by atoms with Crippen LogP contribution in [0, 0.1) is 6.92 Å². The number of hydrogen-bond donors (Lipinski definition) is 1. The highest BCUT2D eigenvalue weighted by Gasteiger charge is 2.21. The van der Waals surface area contributed by atoms with E-state index in [1.165, 1.54) is 30.1 Å². The highest BCUT2D eigenvalue weighted by Crippen LogP contribution is 2.31. The summed E-state index contributed by atoms with van der Waals surface area (Å²) in [5, 5.41) is 25.4. The van der Waals surface area contributed by atoms with Gasteiger partial charge in [-0.3, -0.25) is 4.79 Å². The SMILES string of the molecule is Cc1cc(O)c(C(=O)C2=CSc3nnc(-c4ccccc4)n3N=C2)cc1Cl. The third-order valence-corrected chi connectivity index (χ3v) is 5.28. The van der Waals surface area contributed by atoms with Crippen LogP contribution in [-0.2, 0) is 0 Å². The van der Waals surface area contributed by atoms with Crippen LogP contribution in [0.25, 0.3) is 11.4 Å². The van der Waals surface area contributed by atoms with Crippen molar-refractivity contribution in [3.63, 3.8) is 0 Å². The summed E-state index contributed by atoms with van der Waals surface area (Å²) in [7, 11) is 0. The van der Waals surface area contributed by atoms with E-state index in [4.69, 9.17) is 11.6 Å². The van der Waals surface area contributed by atoms with Crippen molar-refractivity contribution < 1.29 is 9.90 Å².